The Hall–Kier alpha value is -2.54. The maximum atomic E-state index is 13.4. The fourth-order valence-electron chi connectivity index (χ4n) is 3.77. The summed E-state index contributed by atoms with van der Waals surface area (Å²) in [6.07, 6.45) is 10.3. The largest absolute Gasteiger partial charge is 0.331 e. The third-order valence-corrected chi connectivity index (χ3v) is 6.18. The van der Waals surface area contributed by atoms with Crippen molar-refractivity contribution in [2.75, 3.05) is 0 Å². The monoisotopic (exact) mass is 382 g/mol. The highest BCUT2D eigenvalue weighted by Gasteiger charge is 2.28. The normalized spacial score (nSPS) is 15.1. The van der Waals surface area contributed by atoms with Crippen molar-refractivity contribution in [1.82, 2.24) is 19.3 Å². The lowest BCUT2D eigenvalue weighted by atomic mass is 9.93. The van der Waals surface area contributed by atoms with Gasteiger partial charge in [0.15, 0.2) is 4.96 Å². The summed E-state index contributed by atoms with van der Waals surface area (Å²) in [6, 6.07) is 3.99. The van der Waals surface area contributed by atoms with E-state index in [0.29, 0.717) is 11.5 Å². The maximum absolute atomic E-state index is 13.4. The molecule has 6 nitrogen and oxygen atoms in total. The van der Waals surface area contributed by atoms with Crippen LogP contribution in [0, 0.1) is 6.92 Å². The van der Waals surface area contributed by atoms with Crippen LogP contribution in [-0.4, -0.2) is 31.2 Å². The van der Waals surface area contributed by atoms with Crippen LogP contribution in [-0.2, 0) is 6.54 Å². The minimum absolute atomic E-state index is 0.147. The van der Waals surface area contributed by atoms with Gasteiger partial charge >= 0.3 is 0 Å². The molecule has 7 heteroatoms. The average Bonchev–Trinajstić information content (AvgIpc) is 3.09. The predicted molar refractivity (Wildman–Crippen MR) is 105 cm³/mol. The molecule has 4 rings (SSSR count). The first-order valence-corrected chi connectivity index (χ1v) is 10.2. The first kappa shape index (κ1) is 17.9. The van der Waals surface area contributed by atoms with Gasteiger partial charge in [-0.05, 0) is 37.5 Å². The summed E-state index contributed by atoms with van der Waals surface area (Å²) in [5.74, 6) is -0.226. The number of pyridine rings is 1. The minimum atomic E-state index is -0.278. The van der Waals surface area contributed by atoms with Crippen LogP contribution < -0.4 is 5.56 Å². The van der Waals surface area contributed by atoms with Crippen molar-refractivity contribution in [3.8, 4) is 0 Å². The van der Waals surface area contributed by atoms with Crippen LogP contribution in [0.3, 0.4) is 0 Å². The molecule has 1 aliphatic carbocycles. The molecule has 0 spiro atoms. The Labute approximate surface area is 161 Å². The van der Waals surface area contributed by atoms with Gasteiger partial charge in [0.2, 0.25) is 0 Å². The molecule has 1 saturated carbocycles. The number of aromatic nitrogens is 3. The van der Waals surface area contributed by atoms with Crippen molar-refractivity contribution in [3.63, 3.8) is 0 Å². The van der Waals surface area contributed by atoms with Gasteiger partial charge in [0.25, 0.3) is 11.5 Å². The average molecular weight is 382 g/mol. The Kier molecular flexibility index (Phi) is 5.03. The number of hydrogen-bond donors (Lipinski definition) is 0. The molecule has 3 heterocycles. The molecule has 0 aromatic carbocycles. The molecule has 140 valence electrons. The van der Waals surface area contributed by atoms with E-state index < -0.39 is 0 Å². The molecule has 0 N–H and O–H groups in total. The number of hydrogen-bond acceptors (Lipinski definition) is 5. The SMILES string of the molecule is Cc1csc2ncc(C(=O)N(Cc3ccncc3)C3CCCCC3)c(=O)n12. The zero-order valence-corrected chi connectivity index (χ0v) is 16.1. The van der Waals surface area contributed by atoms with Gasteiger partial charge in [-0.15, -0.1) is 11.3 Å². The van der Waals surface area contributed by atoms with E-state index in [-0.39, 0.29) is 23.1 Å². The van der Waals surface area contributed by atoms with Gasteiger partial charge in [-0.1, -0.05) is 19.3 Å². The highest BCUT2D eigenvalue weighted by atomic mass is 32.1. The smallest absolute Gasteiger partial charge is 0.271 e. The zero-order chi connectivity index (χ0) is 18.8. The summed E-state index contributed by atoms with van der Waals surface area (Å²) >= 11 is 1.41. The molecule has 3 aromatic rings. The highest BCUT2D eigenvalue weighted by molar-refractivity contribution is 7.15. The molecule has 0 atom stereocenters. The number of amides is 1. The number of aryl methyl sites for hydroxylation is 1. The quantitative estimate of drug-likeness (QED) is 0.693. The number of rotatable bonds is 4. The van der Waals surface area contributed by atoms with E-state index in [1.807, 2.05) is 29.3 Å². The third kappa shape index (κ3) is 3.51. The van der Waals surface area contributed by atoms with Crippen molar-refractivity contribution >= 4 is 22.2 Å². The Morgan fingerprint density at radius 3 is 2.74 bits per heavy atom. The summed E-state index contributed by atoms with van der Waals surface area (Å²) in [6.45, 7) is 2.34. The fraction of sp³-hybridized carbons (Fsp3) is 0.400. The van der Waals surface area contributed by atoms with Crippen LogP contribution in [0.1, 0.15) is 53.7 Å². The van der Waals surface area contributed by atoms with E-state index in [2.05, 4.69) is 9.97 Å². The fourth-order valence-corrected chi connectivity index (χ4v) is 4.60. The summed E-state index contributed by atoms with van der Waals surface area (Å²) in [4.78, 5) is 37.2. The van der Waals surface area contributed by atoms with Gasteiger partial charge in [0.1, 0.15) is 5.56 Å². The van der Waals surface area contributed by atoms with Gasteiger partial charge in [0, 0.05) is 42.3 Å². The molecule has 1 amide bonds. The van der Waals surface area contributed by atoms with Crippen molar-refractivity contribution in [1.29, 1.82) is 0 Å². The second-order valence-electron chi connectivity index (χ2n) is 7.05. The van der Waals surface area contributed by atoms with Crippen LogP contribution in [0.4, 0.5) is 0 Å². The second-order valence-corrected chi connectivity index (χ2v) is 7.89. The summed E-state index contributed by atoms with van der Waals surface area (Å²) in [5, 5.41) is 1.88. The van der Waals surface area contributed by atoms with Gasteiger partial charge < -0.3 is 4.90 Å². The molecule has 0 aliphatic heterocycles. The van der Waals surface area contributed by atoms with Crippen molar-refractivity contribution in [3.05, 3.63) is 63.3 Å². The number of carbonyl (C=O) groups excluding carboxylic acids is 1. The van der Waals surface area contributed by atoms with E-state index in [9.17, 15) is 9.59 Å². The van der Waals surface area contributed by atoms with Crippen LogP contribution in [0.25, 0.3) is 4.96 Å². The van der Waals surface area contributed by atoms with Crippen molar-refractivity contribution in [2.45, 2.75) is 51.6 Å². The zero-order valence-electron chi connectivity index (χ0n) is 15.3. The van der Waals surface area contributed by atoms with E-state index in [1.165, 1.54) is 28.4 Å². The van der Waals surface area contributed by atoms with Crippen LogP contribution in [0.15, 0.2) is 40.9 Å². The molecule has 0 saturated heterocycles. The van der Waals surface area contributed by atoms with Crippen molar-refractivity contribution in [2.24, 2.45) is 0 Å². The molecule has 3 aromatic heterocycles. The van der Waals surface area contributed by atoms with Crippen molar-refractivity contribution < 1.29 is 4.79 Å². The van der Waals surface area contributed by atoms with Gasteiger partial charge in [-0.3, -0.25) is 19.0 Å². The Balaban J connectivity index is 1.72. The molecule has 27 heavy (non-hydrogen) atoms. The Morgan fingerprint density at radius 2 is 2.00 bits per heavy atom. The van der Waals surface area contributed by atoms with E-state index in [1.54, 1.807) is 12.4 Å². The lowest BCUT2D eigenvalue weighted by Crippen LogP contribution is -2.43. The van der Waals surface area contributed by atoms with Crippen LogP contribution in [0.5, 0.6) is 0 Å². The Bertz CT molecular complexity index is 1010. The summed E-state index contributed by atoms with van der Waals surface area (Å²) < 4.78 is 1.53. The minimum Gasteiger partial charge on any atom is -0.331 e. The van der Waals surface area contributed by atoms with E-state index in [4.69, 9.17) is 0 Å². The predicted octanol–water partition coefficient (Wildman–Crippen LogP) is 3.43. The first-order valence-electron chi connectivity index (χ1n) is 9.31. The van der Waals surface area contributed by atoms with E-state index >= 15 is 0 Å². The number of nitrogens with zero attached hydrogens (tertiary/aromatic N) is 4. The molecular formula is C20H22N4O2S. The molecule has 0 unspecified atom stereocenters. The topological polar surface area (TPSA) is 67.6 Å². The lowest BCUT2D eigenvalue weighted by molar-refractivity contribution is 0.0611. The standard InChI is InChI=1S/C20H22N4O2S/c1-14-13-27-20-22-11-17(19(26)24(14)20)18(25)23(16-5-3-2-4-6-16)12-15-7-9-21-10-8-15/h7-11,13,16H,2-6,12H2,1H3. The maximum Gasteiger partial charge on any atom is 0.271 e. The molecule has 0 radical (unpaired) electrons. The molecule has 1 fully saturated rings. The third-order valence-electron chi connectivity index (χ3n) is 5.23. The second kappa shape index (κ2) is 7.60. The van der Waals surface area contributed by atoms with Crippen LogP contribution in [0.2, 0.25) is 0 Å². The first-order chi connectivity index (χ1) is 13.1. The number of thiazole rings is 1. The number of fused-ring (bicyclic) bond motifs is 1. The van der Waals surface area contributed by atoms with Crippen LogP contribution >= 0.6 is 11.3 Å². The molecule has 0 bridgehead atoms. The lowest BCUT2D eigenvalue weighted by Gasteiger charge is -2.34. The summed E-state index contributed by atoms with van der Waals surface area (Å²) in [7, 11) is 0. The van der Waals surface area contributed by atoms with Gasteiger partial charge in [-0.25, -0.2) is 4.98 Å². The Morgan fingerprint density at radius 1 is 1.26 bits per heavy atom. The summed E-state index contributed by atoms with van der Waals surface area (Å²) in [5.41, 5.74) is 1.69. The molecule has 1 aliphatic rings. The van der Waals surface area contributed by atoms with E-state index in [0.717, 1.165) is 36.9 Å². The number of carbonyl (C=O) groups is 1. The highest BCUT2D eigenvalue weighted by Crippen LogP contribution is 2.25. The molecular weight excluding hydrogens is 360 g/mol. The van der Waals surface area contributed by atoms with Gasteiger partial charge in [0.05, 0.1) is 0 Å². The van der Waals surface area contributed by atoms with Gasteiger partial charge in [-0.2, -0.15) is 0 Å².